The zero-order chi connectivity index (χ0) is 14.5. The predicted molar refractivity (Wildman–Crippen MR) is 78.4 cm³/mol. The Morgan fingerprint density at radius 1 is 1.25 bits per heavy atom. The van der Waals surface area contributed by atoms with Crippen molar-refractivity contribution in [2.75, 3.05) is 12.4 Å². The van der Waals surface area contributed by atoms with Crippen LogP contribution in [0.5, 0.6) is 5.75 Å². The van der Waals surface area contributed by atoms with Crippen LogP contribution in [0.2, 0.25) is 5.02 Å². The monoisotopic (exact) mass is 292 g/mol. The molecule has 0 saturated carbocycles. The summed E-state index contributed by atoms with van der Waals surface area (Å²) >= 11 is 5.99. The Morgan fingerprint density at radius 2 is 1.95 bits per heavy atom. The molecule has 0 bridgehead atoms. The number of rotatable bonds is 5. The summed E-state index contributed by atoms with van der Waals surface area (Å²) in [6.07, 6.45) is 0. The van der Waals surface area contributed by atoms with Crippen molar-refractivity contribution >= 4 is 23.0 Å². The third-order valence-electron chi connectivity index (χ3n) is 2.82. The molecule has 0 amide bonds. The number of nitrogens with zero attached hydrogens (tertiary/aromatic N) is 1. The lowest BCUT2D eigenvalue weighted by Gasteiger charge is -2.09. The van der Waals surface area contributed by atoms with Gasteiger partial charge in [0.05, 0.1) is 15.5 Å². The molecule has 0 aromatic heterocycles. The fourth-order valence-electron chi connectivity index (χ4n) is 1.73. The Labute approximate surface area is 121 Å². The van der Waals surface area contributed by atoms with E-state index in [1.165, 1.54) is 6.07 Å². The molecule has 0 fully saturated rings. The summed E-state index contributed by atoms with van der Waals surface area (Å²) in [5.41, 5.74) is 1.29. The zero-order valence-electron chi connectivity index (χ0n) is 10.8. The van der Waals surface area contributed by atoms with Crippen LogP contribution in [0.15, 0.2) is 42.5 Å². The molecular formula is C14H13ClN2O3. The molecule has 104 valence electrons. The van der Waals surface area contributed by atoms with Crippen molar-refractivity contribution in [3.8, 4) is 5.75 Å². The maximum atomic E-state index is 11.0. The van der Waals surface area contributed by atoms with E-state index < -0.39 is 4.92 Å². The first-order valence-corrected chi connectivity index (χ1v) is 6.32. The summed E-state index contributed by atoms with van der Waals surface area (Å²) in [6.45, 7) is 0.0505. The number of benzene rings is 2. The Hall–Kier alpha value is -2.27. The first-order chi connectivity index (χ1) is 9.61. The van der Waals surface area contributed by atoms with Gasteiger partial charge in [0.2, 0.25) is 0 Å². The van der Waals surface area contributed by atoms with Crippen LogP contribution in [0.25, 0.3) is 0 Å². The first-order valence-electron chi connectivity index (χ1n) is 5.94. The number of nitrogens with one attached hydrogen (secondary N) is 1. The lowest BCUT2D eigenvalue weighted by molar-refractivity contribution is -0.385. The Kier molecular flexibility index (Phi) is 4.42. The molecule has 0 atom stereocenters. The number of nitro benzene ring substituents is 1. The molecule has 0 radical (unpaired) electrons. The molecule has 2 aromatic carbocycles. The molecule has 0 heterocycles. The van der Waals surface area contributed by atoms with Crippen LogP contribution >= 0.6 is 11.6 Å². The van der Waals surface area contributed by atoms with E-state index in [2.05, 4.69) is 5.32 Å². The standard InChI is InChI=1S/C14H13ClN2O3/c1-16-10-5-7-11(8-6-10)20-9-12-13(15)3-2-4-14(12)17(18)19/h2-8,16H,9H2,1H3. The number of nitro groups is 1. The topological polar surface area (TPSA) is 64.4 Å². The van der Waals surface area contributed by atoms with Gasteiger partial charge in [-0.05, 0) is 30.3 Å². The Morgan fingerprint density at radius 3 is 2.55 bits per heavy atom. The van der Waals surface area contributed by atoms with E-state index in [9.17, 15) is 10.1 Å². The molecule has 0 aliphatic heterocycles. The molecule has 0 aliphatic rings. The number of anilines is 1. The van der Waals surface area contributed by atoms with E-state index >= 15 is 0 Å². The summed E-state index contributed by atoms with van der Waals surface area (Å²) in [5, 5.41) is 14.3. The molecule has 0 unspecified atom stereocenters. The molecule has 0 spiro atoms. The second-order valence-electron chi connectivity index (χ2n) is 4.06. The van der Waals surface area contributed by atoms with Gasteiger partial charge in [-0.3, -0.25) is 10.1 Å². The van der Waals surface area contributed by atoms with Crippen molar-refractivity contribution in [1.29, 1.82) is 0 Å². The van der Waals surface area contributed by atoms with Gasteiger partial charge in [-0.2, -0.15) is 0 Å². The van der Waals surface area contributed by atoms with Crippen molar-refractivity contribution < 1.29 is 9.66 Å². The maximum absolute atomic E-state index is 11.0. The van der Waals surface area contributed by atoms with Crippen molar-refractivity contribution in [2.24, 2.45) is 0 Å². The van der Waals surface area contributed by atoms with Crippen molar-refractivity contribution in [2.45, 2.75) is 6.61 Å². The summed E-state index contributed by atoms with van der Waals surface area (Å²) in [5.74, 6) is 0.623. The second-order valence-corrected chi connectivity index (χ2v) is 4.46. The molecule has 5 nitrogen and oxygen atoms in total. The third-order valence-corrected chi connectivity index (χ3v) is 3.17. The van der Waals surface area contributed by atoms with Crippen LogP contribution in [0.1, 0.15) is 5.56 Å². The molecule has 20 heavy (non-hydrogen) atoms. The smallest absolute Gasteiger partial charge is 0.277 e. The van der Waals surface area contributed by atoms with Gasteiger partial charge in [-0.25, -0.2) is 0 Å². The number of ether oxygens (including phenoxy) is 1. The highest BCUT2D eigenvalue weighted by molar-refractivity contribution is 6.31. The normalized spacial score (nSPS) is 10.1. The average Bonchev–Trinajstić information content (AvgIpc) is 2.46. The highest BCUT2D eigenvalue weighted by Gasteiger charge is 2.16. The number of hydrogen-bond donors (Lipinski definition) is 1. The fraction of sp³-hybridized carbons (Fsp3) is 0.143. The summed E-state index contributed by atoms with van der Waals surface area (Å²) in [4.78, 5) is 10.5. The quantitative estimate of drug-likeness (QED) is 0.671. The highest BCUT2D eigenvalue weighted by atomic mass is 35.5. The van der Waals surface area contributed by atoms with Crippen LogP contribution in [0, 0.1) is 10.1 Å². The van der Waals surface area contributed by atoms with Gasteiger partial charge >= 0.3 is 0 Å². The summed E-state index contributed by atoms with van der Waals surface area (Å²) < 4.78 is 5.55. The predicted octanol–water partition coefficient (Wildman–Crippen LogP) is 3.87. The van der Waals surface area contributed by atoms with E-state index in [0.29, 0.717) is 16.3 Å². The van der Waals surface area contributed by atoms with Crippen LogP contribution in [-0.2, 0) is 6.61 Å². The van der Waals surface area contributed by atoms with Gasteiger partial charge in [0.25, 0.3) is 5.69 Å². The second kappa shape index (κ2) is 6.25. The molecular weight excluding hydrogens is 280 g/mol. The zero-order valence-corrected chi connectivity index (χ0v) is 11.6. The number of hydrogen-bond acceptors (Lipinski definition) is 4. The van der Waals surface area contributed by atoms with E-state index in [4.69, 9.17) is 16.3 Å². The van der Waals surface area contributed by atoms with Gasteiger partial charge in [-0.15, -0.1) is 0 Å². The Bertz CT molecular complexity index is 614. The molecule has 0 aliphatic carbocycles. The number of halogens is 1. The van der Waals surface area contributed by atoms with Crippen LogP contribution in [0.4, 0.5) is 11.4 Å². The lowest BCUT2D eigenvalue weighted by Crippen LogP contribution is -2.01. The molecule has 6 heteroatoms. The SMILES string of the molecule is CNc1ccc(OCc2c(Cl)cccc2[N+](=O)[O-])cc1. The van der Waals surface area contributed by atoms with Crippen molar-refractivity contribution in [3.05, 3.63) is 63.2 Å². The van der Waals surface area contributed by atoms with Gasteiger partial charge < -0.3 is 10.1 Å². The van der Waals surface area contributed by atoms with Gasteiger partial charge in [0.1, 0.15) is 12.4 Å². The van der Waals surface area contributed by atoms with Gasteiger partial charge in [0, 0.05) is 18.8 Å². The largest absolute Gasteiger partial charge is 0.489 e. The molecule has 1 N–H and O–H groups in total. The Balaban J connectivity index is 2.16. The molecule has 2 rings (SSSR count). The van der Waals surface area contributed by atoms with Gasteiger partial charge in [-0.1, -0.05) is 17.7 Å². The van der Waals surface area contributed by atoms with E-state index in [-0.39, 0.29) is 12.3 Å². The summed E-state index contributed by atoms with van der Waals surface area (Å²) in [7, 11) is 1.82. The average molecular weight is 293 g/mol. The first kappa shape index (κ1) is 14.1. The third kappa shape index (κ3) is 3.19. The van der Waals surface area contributed by atoms with E-state index in [0.717, 1.165) is 5.69 Å². The maximum Gasteiger partial charge on any atom is 0.277 e. The summed E-state index contributed by atoms with van der Waals surface area (Å²) in [6, 6.07) is 11.9. The van der Waals surface area contributed by atoms with Gasteiger partial charge in [0.15, 0.2) is 0 Å². The minimum Gasteiger partial charge on any atom is -0.489 e. The molecule has 0 saturated heterocycles. The van der Waals surface area contributed by atoms with E-state index in [1.54, 1.807) is 24.3 Å². The highest BCUT2D eigenvalue weighted by Crippen LogP contribution is 2.27. The van der Waals surface area contributed by atoms with Crippen LogP contribution in [0.3, 0.4) is 0 Å². The van der Waals surface area contributed by atoms with E-state index in [1.807, 2.05) is 19.2 Å². The van der Waals surface area contributed by atoms with Crippen molar-refractivity contribution in [1.82, 2.24) is 0 Å². The minimum absolute atomic E-state index is 0.0376. The lowest BCUT2D eigenvalue weighted by atomic mass is 10.2. The minimum atomic E-state index is -0.464. The van der Waals surface area contributed by atoms with Crippen molar-refractivity contribution in [3.63, 3.8) is 0 Å². The fourth-order valence-corrected chi connectivity index (χ4v) is 1.96. The van der Waals surface area contributed by atoms with Crippen LogP contribution < -0.4 is 10.1 Å². The molecule has 2 aromatic rings. The van der Waals surface area contributed by atoms with Crippen LogP contribution in [-0.4, -0.2) is 12.0 Å².